The lowest BCUT2D eigenvalue weighted by atomic mass is 9.80. The molecule has 2 nitrogen and oxygen atoms in total. The van der Waals surface area contributed by atoms with Crippen molar-refractivity contribution in [1.29, 1.82) is 0 Å². The maximum atomic E-state index is 4.25. The third-order valence-electron chi connectivity index (χ3n) is 5.02. The number of aryl methyl sites for hydroxylation is 2. The summed E-state index contributed by atoms with van der Waals surface area (Å²) in [4.78, 5) is 0. The Kier molecular flexibility index (Phi) is 4.87. The molecule has 2 aromatic rings. The molecule has 0 atom stereocenters. The van der Waals surface area contributed by atoms with Gasteiger partial charge in [-0.3, -0.25) is 0 Å². The highest BCUT2D eigenvalue weighted by atomic mass is 15.1. The van der Waals surface area contributed by atoms with Crippen LogP contribution >= 0.6 is 0 Å². The van der Waals surface area contributed by atoms with Crippen LogP contribution < -0.4 is 0 Å². The van der Waals surface area contributed by atoms with Crippen molar-refractivity contribution in [3.63, 3.8) is 0 Å². The molecule has 2 heteroatoms. The van der Waals surface area contributed by atoms with Crippen molar-refractivity contribution in [3.05, 3.63) is 47.7 Å². The lowest BCUT2D eigenvalue weighted by molar-refractivity contribution is 0.278. The summed E-state index contributed by atoms with van der Waals surface area (Å²) >= 11 is 0. The Morgan fingerprint density at radius 2 is 1.64 bits per heavy atom. The lowest BCUT2D eigenvalue weighted by Crippen LogP contribution is -2.12. The van der Waals surface area contributed by atoms with E-state index in [4.69, 9.17) is 0 Å². The van der Waals surface area contributed by atoms with E-state index in [0.717, 1.165) is 28.8 Å². The second-order valence-corrected chi connectivity index (χ2v) is 6.92. The van der Waals surface area contributed by atoms with Gasteiger partial charge in [0.25, 0.3) is 0 Å². The Morgan fingerprint density at radius 3 is 2.27 bits per heavy atom. The van der Waals surface area contributed by atoms with Gasteiger partial charge in [-0.05, 0) is 49.3 Å². The molecule has 1 aromatic heterocycles. The van der Waals surface area contributed by atoms with Crippen LogP contribution in [0.3, 0.4) is 0 Å². The van der Waals surface area contributed by atoms with E-state index in [1.54, 1.807) is 0 Å². The first-order valence-electron chi connectivity index (χ1n) is 8.60. The Labute approximate surface area is 134 Å². The first kappa shape index (κ1) is 15.2. The molecule has 0 aliphatic heterocycles. The number of aromatic nitrogens is 2. The highest BCUT2D eigenvalue weighted by molar-refractivity contribution is 5.58. The predicted molar refractivity (Wildman–Crippen MR) is 91.6 cm³/mol. The van der Waals surface area contributed by atoms with Crippen LogP contribution in [-0.4, -0.2) is 10.2 Å². The highest BCUT2D eigenvalue weighted by Crippen LogP contribution is 2.31. The van der Waals surface area contributed by atoms with Gasteiger partial charge in [-0.25, -0.2) is 0 Å². The summed E-state index contributed by atoms with van der Waals surface area (Å²) in [6.07, 6.45) is 8.26. The van der Waals surface area contributed by atoms with Crippen molar-refractivity contribution >= 4 is 0 Å². The van der Waals surface area contributed by atoms with Crippen molar-refractivity contribution in [2.45, 2.75) is 52.4 Å². The van der Waals surface area contributed by atoms with Crippen LogP contribution in [0.15, 0.2) is 36.4 Å². The minimum Gasteiger partial charge on any atom is -0.155 e. The quantitative estimate of drug-likeness (QED) is 0.773. The predicted octanol–water partition coefficient (Wildman–Crippen LogP) is 5.21. The van der Waals surface area contributed by atoms with E-state index < -0.39 is 0 Å². The van der Waals surface area contributed by atoms with E-state index in [2.05, 4.69) is 41.4 Å². The summed E-state index contributed by atoms with van der Waals surface area (Å²) in [5, 5.41) is 8.39. The summed E-state index contributed by atoms with van der Waals surface area (Å²) in [6, 6.07) is 12.9. The lowest BCUT2D eigenvalue weighted by Gasteiger charge is -2.26. The van der Waals surface area contributed by atoms with Crippen LogP contribution in [0, 0.1) is 18.8 Å². The molecular formula is C20H26N2. The zero-order chi connectivity index (χ0) is 15.4. The Morgan fingerprint density at radius 1 is 0.909 bits per heavy atom. The monoisotopic (exact) mass is 294 g/mol. The summed E-state index contributed by atoms with van der Waals surface area (Å²) in [5.41, 5.74) is 4.52. The molecule has 1 aliphatic carbocycles. The molecule has 0 spiro atoms. The highest BCUT2D eigenvalue weighted by Gasteiger charge is 2.17. The van der Waals surface area contributed by atoms with Gasteiger partial charge in [0, 0.05) is 5.56 Å². The third-order valence-corrected chi connectivity index (χ3v) is 5.02. The second kappa shape index (κ2) is 7.04. The van der Waals surface area contributed by atoms with Crippen molar-refractivity contribution in [3.8, 4) is 11.3 Å². The van der Waals surface area contributed by atoms with Crippen molar-refractivity contribution in [2.24, 2.45) is 11.8 Å². The number of hydrogen-bond donors (Lipinski definition) is 0. The van der Waals surface area contributed by atoms with E-state index in [1.165, 1.54) is 44.1 Å². The topological polar surface area (TPSA) is 25.8 Å². The van der Waals surface area contributed by atoms with Crippen LogP contribution in [0.1, 0.15) is 50.3 Å². The maximum Gasteiger partial charge on any atom is 0.0929 e. The second-order valence-electron chi connectivity index (χ2n) is 6.92. The molecule has 22 heavy (non-hydrogen) atoms. The molecule has 1 fully saturated rings. The molecule has 1 aromatic carbocycles. The fourth-order valence-corrected chi connectivity index (χ4v) is 3.38. The fourth-order valence-electron chi connectivity index (χ4n) is 3.38. The van der Waals surface area contributed by atoms with Crippen molar-refractivity contribution in [1.82, 2.24) is 10.2 Å². The summed E-state index contributed by atoms with van der Waals surface area (Å²) in [5.74, 6) is 1.89. The number of benzene rings is 1. The zero-order valence-corrected chi connectivity index (χ0v) is 13.8. The molecule has 1 heterocycles. The van der Waals surface area contributed by atoms with E-state index in [9.17, 15) is 0 Å². The minimum atomic E-state index is 0.943. The molecule has 1 saturated carbocycles. The largest absolute Gasteiger partial charge is 0.155 e. The molecule has 0 saturated heterocycles. The molecular weight excluding hydrogens is 268 g/mol. The van der Waals surface area contributed by atoms with E-state index in [-0.39, 0.29) is 0 Å². The molecule has 0 unspecified atom stereocenters. The standard InChI is InChI=1S/C20H26N2/c1-15-3-6-17(7-4-15)8-9-18-10-12-19(13-11-18)20-14-5-16(2)21-22-20/h5,10-15,17H,3-4,6-9H2,1-2H3. The molecule has 0 N–H and O–H groups in total. The van der Waals surface area contributed by atoms with Gasteiger partial charge >= 0.3 is 0 Å². The third kappa shape index (κ3) is 3.94. The van der Waals surface area contributed by atoms with Crippen molar-refractivity contribution in [2.75, 3.05) is 0 Å². The van der Waals surface area contributed by atoms with Gasteiger partial charge in [-0.15, -0.1) is 0 Å². The van der Waals surface area contributed by atoms with Crippen LogP contribution in [0.5, 0.6) is 0 Å². The molecule has 116 valence electrons. The average molecular weight is 294 g/mol. The van der Waals surface area contributed by atoms with Crippen molar-refractivity contribution < 1.29 is 0 Å². The number of nitrogens with zero attached hydrogens (tertiary/aromatic N) is 2. The number of hydrogen-bond acceptors (Lipinski definition) is 2. The summed E-state index contributed by atoms with van der Waals surface area (Å²) in [7, 11) is 0. The van der Waals surface area contributed by atoms with Gasteiger partial charge in [-0.2, -0.15) is 10.2 Å². The molecule has 3 rings (SSSR count). The summed E-state index contributed by atoms with van der Waals surface area (Å²) in [6.45, 7) is 4.36. The normalized spacial score (nSPS) is 21.7. The number of rotatable bonds is 4. The SMILES string of the molecule is Cc1ccc(-c2ccc(CCC3CCC(C)CC3)cc2)nn1. The van der Waals surface area contributed by atoms with Gasteiger partial charge < -0.3 is 0 Å². The van der Waals surface area contributed by atoms with Crippen LogP contribution in [-0.2, 0) is 6.42 Å². The van der Waals surface area contributed by atoms with Gasteiger partial charge in [0.15, 0.2) is 0 Å². The average Bonchev–Trinajstić information content (AvgIpc) is 2.56. The van der Waals surface area contributed by atoms with Gasteiger partial charge in [0.05, 0.1) is 11.4 Å². The van der Waals surface area contributed by atoms with Crippen LogP contribution in [0.4, 0.5) is 0 Å². The summed E-state index contributed by atoms with van der Waals surface area (Å²) < 4.78 is 0. The first-order chi connectivity index (χ1) is 10.7. The molecule has 0 amide bonds. The first-order valence-corrected chi connectivity index (χ1v) is 8.60. The van der Waals surface area contributed by atoms with Crippen LogP contribution in [0.2, 0.25) is 0 Å². The minimum absolute atomic E-state index is 0.943. The molecule has 0 radical (unpaired) electrons. The molecule has 0 bridgehead atoms. The van der Waals surface area contributed by atoms with E-state index >= 15 is 0 Å². The van der Waals surface area contributed by atoms with E-state index in [1.807, 2.05) is 19.1 Å². The zero-order valence-electron chi connectivity index (χ0n) is 13.8. The Bertz CT molecular complexity index is 578. The Hall–Kier alpha value is -1.70. The maximum absolute atomic E-state index is 4.25. The molecule has 1 aliphatic rings. The van der Waals surface area contributed by atoms with Crippen LogP contribution in [0.25, 0.3) is 11.3 Å². The smallest absolute Gasteiger partial charge is 0.0929 e. The van der Waals surface area contributed by atoms with Gasteiger partial charge in [-0.1, -0.05) is 56.9 Å². The van der Waals surface area contributed by atoms with E-state index in [0.29, 0.717) is 0 Å². The Balaban J connectivity index is 1.56. The van der Waals surface area contributed by atoms with Gasteiger partial charge in [0.1, 0.15) is 0 Å². The fraction of sp³-hybridized carbons (Fsp3) is 0.500. The van der Waals surface area contributed by atoms with Gasteiger partial charge in [0.2, 0.25) is 0 Å².